The van der Waals surface area contributed by atoms with Gasteiger partial charge >= 0.3 is 0 Å². The summed E-state index contributed by atoms with van der Waals surface area (Å²) in [6.07, 6.45) is 1.49. The highest BCUT2D eigenvalue weighted by atomic mass is 79.9. The number of pyridine rings is 2. The molecule has 0 amide bonds. The maximum Gasteiger partial charge on any atom is 0.271 e. The average molecular weight is 266 g/mol. The normalized spacial score (nSPS) is 10.1. The highest BCUT2D eigenvalue weighted by Gasteiger charge is 2.11. The van der Waals surface area contributed by atoms with E-state index in [1.807, 2.05) is 0 Å². The Morgan fingerprint density at radius 1 is 1.60 bits per heavy atom. The van der Waals surface area contributed by atoms with Crippen LogP contribution in [0.2, 0.25) is 0 Å². The number of hydrogen-bond acceptors (Lipinski definition) is 4. The van der Waals surface area contributed by atoms with Crippen LogP contribution >= 0.6 is 15.9 Å². The van der Waals surface area contributed by atoms with Crippen molar-refractivity contribution in [3.63, 3.8) is 0 Å². The molecule has 0 aromatic carbocycles. The Kier molecular flexibility index (Phi) is 2.17. The van der Waals surface area contributed by atoms with E-state index in [4.69, 9.17) is 5.26 Å². The standard InChI is InChI=1S/C9H4BrN3O2/c10-4-1-5-7(14)6(2-11)9(15)13-8(5)12-3-4/h1,3H,(H2,12,13,14,15). The number of rotatable bonds is 0. The summed E-state index contributed by atoms with van der Waals surface area (Å²) in [5.74, 6) is -0.343. The number of nitriles is 1. The van der Waals surface area contributed by atoms with Gasteiger partial charge < -0.3 is 10.1 Å². The molecule has 0 saturated heterocycles. The second-order valence-corrected chi connectivity index (χ2v) is 3.75. The fraction of sp³-hybridized carbons (Fsp3) is 0. The van der Waals surface area contributed by atoms with Gasteiger partial charge in [0.25, 0.3) is 5.56 Å². The van der Waals surface area contributed by atoms with Crippen molar-refractivity contribution >= 4 is 27.0 Å². The van der Waals surface area contributed by atoms with Crippen LogP contribution < -0.4 is 5.56 Å². The van der Waals surface area contributed by atoms with Gasteiger partial charge in [-0.05, 0) is 22.0 Å². The molecule has 0 aliphatic carbocycles. The molecule has 2 heterocycles. The fourth-order valence-electron chi connectivity index (χ4n) is 1.24. The maximum atomic E-state index is 11.3. The third kappa shape index (κ3) is 1.47. The third-order valence-corrected chi connectivity index (χ3v) is 2.35. The molecule has 0 spiro atoms. The molecule has 5 nitrogen and oxygen atoms in total. The lowest BCUT2D eigenvalue weighted by atomic mass is 10.2. The van der Waals surface area contributed by atoms with Crippen LogP contribution in [0.5, 0.6) is 5.75 Å². The number of aromatic amines is 1. The fourth-order valence-corrected chi connectivity index (χ4v) is 1.57. The molecule has 0 unspecified atom stereocenters. The van der Waals surface area contributed by atoms with Crippen LogP contribution in [0.3, 0.4) is 0 Å². The van der Waals surface area contributed by atoms with Crippen LogP contribution in [-0.2, 0) is 0 Å². The lowest BCUT2D eigenvalue weighted by Crippen LogP contribution is -2.10. The first-order chi connectivity index (χ1) is 7.13. The molecule has 2 aromatic rings. The molecule has 0 saturated carbocycles. The van der Waals surface area contributed by atoms with Crippen molar-refractivity contribution in [1.82, 2.24) is 9.97 Å². The van der Waals surface area contributed by atoms with Gasteiger partial charge in [0, 0.05) is 10.7 Å². The molecule has 2 aromatic heterocycles. The van der Waals surface area contributed by atoms with Crippen LogP contribution in [-0.4, -0.2) is 15.1 Å². The van der Waals surface area contributed by atoms with E-state index in [1.165, 1.54) is 6.20 Å². The number of nitrogens with one attached hydrogen (secondary N) is 1. The summed E-state index contributed by atoms with van der Waals surface area (Å²) >= 11 is 3.18. The number of aromatic nitrogens is 2. The van der Waals surface area contributed by atoms with E-state index >= 15 is 0 Å². The molecule has 2 N–H and O–H groups in total. The maximum absolute atomic E-state index is 11.3. The summed E-state index contributed by atoms with van der Waals surface area (Å²) in [4.78, 5) is 17.6. The molecule has 15 heavy (non-hydrogen) atoms. The first kappa shape index (κ1) is 9.68. The topological polar surface area (TPSA) is 89.8 Å². The molecular formula is C9H4BrN3O2. The van der Waals surface area contributed by atoms with Gasteiger partial charge in [-0.1, -0.05) is 0 Å². The molecule has 0 radical (unpaired) electrons. The van der Waals surface area contributed by atoms with E-state index in [9.17, 15) is 9.90 Å². The summed E-state index contributed by atoms with van der Waals surface area (Å²) in [6.45, 7) is 0. The van der Waals surface area contributed by atoms with Crippen LogP contribution in [0.15, 0.2) is 21.5 Å². The van der Waals surface area contributed by atoms with Crippen molar-refractivity contribution in [2.24, 2.45) is 0 Å². The Bertz CT molecular complexity index is 642. The number of hydrogen-bond donors (Lipinski definition) is 2. The Morgan fingerprint density at radius 3 is 3.00 bits per heavy atom. The number of nitrogens with zero attached hydrogens (tertiary/aromatic N) is 2. The summed E-state index contributed by atoms with van der Waals surface area (Å²) < 4.78 is 0.654. The first-order valence-corrected chi connectivity index (χ1v) is 4.73. The predicted octanol–water partition coefficient (Wildman–Crippen LogP) is 1.26. The van der Waals surface area contributed by atoms with Crippen molar-refractivity contribution < 1.29 is 5.11 Å². The average Bonchev–Trinajstić information content (AvgIpc) is 2.20. The van der Waals surface area contributed by atoms with Crippen LogP contribution in [0, 0.1) is 11.3 Å². The molecule has 0 aliphatic rings. The largest absolute Gasteiger partial charge is 0.506 e. The smallest absolute Gasteiger partial charge is 0.271 e. The number of halogens is 1. The zero-order chi connectivity index (χ0) is 11.0. The third-order valence-electron chi connectivity index (χ3n) is 1.92. The zero-order valence-corrected chi connectivity index (χ0v) is 8.87. The van der Waals surface area contributed by atoms with Gasteiger partial charge in [-0.3, -0.25) is 4.79 Å². The van der Waals surface area contributed by atoms with Gasteiger partial charge in [0.1, 0.15) is 17.5 Å². The van der Waals surface area contributed by atoms with Gasteiger partial charge in [0.05, 0.1) is 5.39 Å². The van der Waals surface area contributed by atoms with Crippen LogP contribution in [0.1, 0.15) is 5.56 Å². The minimum atomic E-state index is -0.641. The van der Waals surface area contributed by atoms with Gasteiger partial charge in [0.15, 0.2) is 5.56 Å². The number of H-pyrrole nitrogens is 1. The summed E-state index contributed by atoms with van der Waals surface area (Å²) in [6, 6.07) is 3.22. The van der Waals surface area contributed by atoms with Crippen LogP contribution in [0.25, 0.3) is 11.0 Å². The Labute approximate surface area is 92.1 Å². The molecule has 74 valence electrons. The minimum absolute atomic E-state index is 0.250. The Balaban J connectivity index is 3.00. The second-order valence-electron chi connectivity index (χ2n) is 2.84. The molecule has 0 bridgehead atoms. The van der Waals surface area contributed by atoms with E-state index < -0.39 is 5.56 Å². The highest BCUT2D eigenvalue weighted by Crippen LogP contribution is 2.25. The number of aromatic hydroxyl groups is 1. The van der Waals surface area contributed by atoms with E-state index in [0.29, 0.717) is 9.86 Å². The molecule has 0 atom stereocenters. The highest BCUT2D eigenvalue weighted by molar-refractivity contribution is 9.10. The Morgan fingerprint density at radius 2 is 2.33 bits per heavy atom. The van der Waals surface area contributed by atoms with Crippen LogP contribution in [0.4, 0.5) is 0 Å². The molecular weight excluding hydrogens is 262 g/mol. The summed E-state index contributed by atoms with van der Waals surface area (Å²) in [5, 5.41) is 18.7. The van der Waals surface area contributed by atoms with E-state index in [1.54, 1.807) is 12.1 Å². The van der Waals surface area contributed by atoms with E-state index in [0.717, 1.165) is 0 Å². The molecule has 0 fully saturated rings. The lowest BCUT2D eigenvalue weighted by molar-refractivity contribution is 0.478. The first-order valence-electron chi connectivity index (χ1n) is 3.94. The predicted molar refractivity (Wildman–Crippen MR) is 56.4 cm³/mol. The Hall–Kier alpha value is -1.87. The van der Waals surface area contributed by atoms with Gasteiger partial charge in [-0.15, -0.1) is 0 Å². The monoisotopic (exact) mass is 265 g/mol. The molecule has 6 heteroatoms. The molecule has 2 rings (SSSR count). The van der Waals surface area contributed by atoms with E-state index in [2.05, 4.69) is 25.9 Å². The van der Waals surface area contributed by atoms with Crippen molar-refractivity contribution in [3.05, 3.63) is 32.7 Å². The van der Waals surface area contributed by atoms with Crippen molar-refractivity contribution in [2.75, 3.05) is 0 Å². The van der Waals surface area contributed by atoms with Gasteiger partial charge in [-0.2, -0.15) is 5.26 Å². The van der Waals surface area contributed by atoms with E-state index in [-0.39, 0.29) is 17.0 Å². The lowest BCUT2D eigenvalue weighted by Gasteiger charge is -2.01. The molecule has 0 aliphatic heterocycles. The quantitative estimate of drug-likeness (QED) is 0.751. The second kappa shape index (κ2) is 3.37. The summed E-state index contributed by atoms with van der Waals surface area (Å²) in [7, 11) is 0. The van der Waals surface area contributed by atoms with Gasteiger partial charge in [-0.25, -0.2) is 4.98 Å². The summed E-state index contributed by atoms with van der Waals surface area (Å²) in [5.41, 5.74) is -0.695. The number of fused-ring (bicyclic) bond motifs is 1. The SMILES string of the molecule is N#Cc1c(O)c2cc(Br)cnc2[nH]c1=O. The van der Waals surface area contributed by atoms with Crippen molar-refractivity contribution in [1.29, 1.82) is 5.26 Å². The van der Waals surface area contributed by atoms with Crippen molar-refractivity contribution in [2.45, 2.75) is 0 Å². The van der Waals surface area contributed by atoms with Crippen molar-refractivity contribution in [3.8, 4) is 11.8 Å². The minimum Gasteiger partial charge on any atom is -0.506 e. The van der Waals surface area contributed by atoms with Gasteiger partial charge in [0.2, 0.25) is 0 Å². The zero-order valence-electron chi connectivity index (χ0n) is 7.28.